The molecule has 33 heavy (non-hydrogen) atoms. The Hall–Kier alpha value is -2.32. The number of nitrogens with one attached hydrogen (secondary N) is 1. The first-order valence-corrected chi connectivity index (χ1v) is 11.6. The van der Waals surface area contributed by atoms with E-state index in [1.165, 1.54) is 7.11 Å². The summed E-state index contributed by atoms with van der Waals surface area (Å²) in [7, 11) is 3.08. The van der Waals surface area contributed by atoms with Gasteiger partial charge in [-0.25, -0.2) is 0 Å². The normalized spacial score (nSPS) is 18.8. The molecule has 176 valence electrons. The van der Waals surface area contributed by atoms with Gasteiger partial charge in [-0.15, -0.1) is 0 Å². The molecule has 4 rings (SSSR count). The number of hydrogen-bond acceptors (Lipinski definition) is 6. The van der Waals surface area contributed by atoms with Crippen molar-refractivity contribution in [2.75, 3.05) is 46.9 Å². The second-order valence-corrected chi connectivity index (χ2v) is 9.11. The summed E-state index contributed by atoms with van der Waals surface area (Å²) in [6.45, 7) is 4.13. The van der Waals surface area contributed by atoms with E-state index in [1.54, 1.807) is 19.2 Å². The van der Waals surface area contributed by atoms with Crippen molar-refractivity contribution in [1.29, 1.82) is 0 Å². The minimum Gasteiger partial charge on any atom is -0.493 e. The number of halogens is 2. The van der Waals surface area contributed by atoms with E-state index in [0.29, 0.717) is 33.7 Å². The number of hydrogen-bond donors (Lipinski definition) is 1. The molecule has 1 atom stereocenters. The molecular formula is C24H27Cl2N3O4. The van der Waals surface area contributed by atoms with Gasteiger partial charge in [0.2, 0.25) is 5.91 Å². The van der Waals surface area contributed by atoms with Crippen molar-refractivity contribution in [3.8, 4) is 11.5 Å². The Morgan fingerprint density at radius 2 is 1.64 bits per heavy atom. The Kier molecular flexibility index (Phi) is 7.44. The van der Waals surface area contributed by atoms with Crippen LogP contribution in [0.2, 0.25) is 10.0 Å². The van der Waals surface area contributed by atoms with E-state index in [9.17, 15) is 9.59 Å². The van der Waals surface area contributed by atoms with Gasteiger partial charge in [0.05, 0.1) is 26.8 Å². The molecule has 7 nitrogen and oxygen atoms in total. The maximum absolute atomic E-state index is 12.8. The van der Waals surface area contributed by atoms with Crippen LogP contribution in [0.4, 0.5) is 0 Å². The molecule has 2 aliphatic rings. The zero-order valence-corrected chi connectivity index (χ0v) is 20.2. The molecule has 0 bridgehead atoms. The number of Topliss-reactive ketones (excluding diaryl/α,β-unsaturated/α-hetero) is 1. The van der Waals surface area contributed by atoms with Gasteiger partial charge in [0.1, 0.15) is 0 Å². The van der Waals surface area contributed by atoms with Gasteiger partial charge in [0, 0.05) is 60.3 Å². The number of nitrogens with zero attached hydrogens (tertiary/aromatic N) is 2. The molecule has 0 saturated carbocycles. The Morgan fingerprint density at radius 3 is 2.27 bits per heavy atom. The van der Waals surface area contributed by atoms with Crippen LogP contribution in [-0.2, 0) is 11.3 Å². The number of rotatable bonds is 7. The number of amides is 1. The average molecular weight is 492 g/mol. The lowest BCUT2D eigenvalue weighted by molar-refractivity contribution is -0.123. The summed E-state index contributed by atoms with van der Waals surface area (Å²) in [5, 5.41) is 4.36. The lowest BCUT2D eigenvalue weighted by atomic mass is 10.1. The summed E-state index contributed by atoms with van der Waals surface area (Å²) in [6, 6.07) is 8.65. The summed E-state index contributed by atoms with van der Waals surface area (Å²) in [6.07, 6.45) is 0.240. The minimum atomic E-state index is -0.358. The number of carbonyl (C=O) groups is 2. The largest absolute Gasteiger partial charge is 0.493 e. The number of methoxy groups -OCH3 is 2. The molecule has 1 fully saturated rings. The first-order valence-electron chi connectivity index (χ1n) is 10.9. The van der Waals surface area contributed by atoms with E-state index in [1.807, 2.05) is 18.2 Å². The number of ether oxygens (including phenoxy) is 2. The van der Waals surface area contributed by atoms with Crippen LogP contribution in [0.25, 0.3) is 0 Å². The standard InChI is InChI=1S/C24H27Cl2N3O4/c1-32-22-10-15-16(11-23(22)33-2)21(30)12-20(15)27-24(31)14-29-8-6-28(7-9-29)13-17-18(25)4-3-5-19(17)26/h3-5,10-11,20H,6-9,12-14H2,1-2H3,(H,27,31). The molecule has 1 heterocycles. The predicted molar refractivity (Wildman–Crippen MR) is 128 cm³/mol. The average Bonchev–Trinajstić information content (AvgIpc) is 3.10. The number of piperazine rings is 1. The third-order valence-corrected chi connectivity index (χ3v) is 6.94. The van der Waals surface area contributed by atoms with Gasteiger partial charge in [-0.05, 0) is 29.8 Å². The molecule has 0 radical (unpaired) electrons. The maximum Gasteiger partial charge on any atom is 0.234 e. The van der Waals surface area contributed by atoms with Gasteiger partial charge >= 0.3 is 0 Å². The highest BCUT2D eigenvalue weighted by atomic mass is 35.5. The molecular weight excluding hydrogens is 465 g/mol. The molecule has 1 unspecified atom stereocenters. The van der Waals surface area contributed by atoms with Crippen molar-refractivity contribution in [3.63, 3.8) is 0 Å². The van der Waals surface area contributed by atoms with Crippen LogP contribution in [0.15, 0.2) is 30.3 Å². The molecule has 9 heteroatoms. The monoisotopic (exact) mass is 491 g/mol. The molecule has 1 saturated heterocycles. The van der Waals surface area contributed by atoms with Crippen LogP contribution in [0, 0.1) is 0 Å². The SMILES string of the molecule is COc1cc2c(cc1OC)C(NC(=O)CN1CCN(Cc3c(Cl)cccc3Cl)CC1)CC2=O. The zero-order chi connectivity index (χ0) is 23.5. The lowest BCUT2D eigenvalue weighted by Gasteiger charge is -2.34. The van der Waals surface area contributed by atoms with E-state index in [4.69, 9.17) is 32.7 Å². The summed E-state index contributed by atoms with van der Waals surface area (Å²) in [4.78, 5) is 29.6. The molecule has 2 aromatic carbocycles. The molecule has 1 aliphatic carbocycles. The third kappa shape index (κ3) is 5.27. The van der Waals surface area contributed by atoms with Gasteiger partial charge in [0.15, 0.2) is 17.3 Å². The van der Waals surface area contributed by atoms with Gasteiger partial charge < -0.3 is 14.8 Å². The zero-order valence-electron chi connectivity index (χ0n) is 18.7. The number of carbonyl (C=O) groups excluding carboxylic acids is 2. The fraction of sp³-hybridized carbons (Fsp3) is 0.417. The topological polar surface area (TPSA) is 71.1 Å². The van der Waals surface area contributed by atoms with Gasteiger partial charge in [-0.2, -0.15) is 0 Å². The molecule has 0 spiro atoms. The maximum atomic E-state index is 12.8. The van der Waals surface area contributed by atoms with Crippen molar-refractivity contribution >= 4 is 34.9 Å². The van der Waals surface area contributed by atoms with E-state index in [2.05, 4.69) is 15.1 Å². The van der Waals surface area contributed by atoms with Crippen LogP contribution >= 0.6 is 23.2 Å². The van der Waals surface area contributed by atoms with Crippen molar-refractivity contribution in [3.05, 3.63) is 57.1 Å². The predicted octanol–water partition coefficient (Wildman–Crippen LogP) is 3.57. The summed E-state index contributed by atoms with van der Waals surface area (Å²) < 4.78 is 10.7. The molecule has 2 aromatic rings. The quantitative estimate of drug-likeness (QED) is 0.638. The van der Waals surface area contributed by atoms with Crippen LogP contribution < -0.4 is 14.8 Å². The fourth-order valence-corrected chi connectivity index (χ4v) is 4.93. The highest BCUT2D eigenvalue weighted by Gasteiger charge is 2.32. The van der Waals surface area contributed by atoms with E-state index in [-0.39, 0.29) is 30.7 Å². The van der Waals surface area contributed by atoms with Crippen molar-refractivity contribution in [2.45, 2.75) is 19.0 Å². The summed E-state index contributed by atoms with van der Waals surface area (Å²) in [5.74, 6) is 0.939. The first kappa shape index (κ1) is 23.8. The van der Waals surface area contributed by atoms with Gasteiger partial charge in [0.25, 0.3) is 0 Å². The van der Waals surface area contributed by atoms with Crippen molar-refractivity contribution in [2.24, 2.45) is 0 Å². The van der Waals surface area contributed by atoms with Crippen LogP contribution in [0.1, 0.15) is 33.9 Å². The Balaban J connectivity index is 1.32. The minimum absolute atomic E-state index is 0.0110. The number of fused-ring (bicyclic) bond motifs is 1. The lowest BCUT2D eigenvalue weighted by Crippen LogP contribution is -2.49. The van der Waals surface area contributed by atoms with Gasteiger partial charge in [-0.3, -0.25) is 19.4 Å². The summed E-state index contributed by atoms with van der Waals surface area (Å²) in [5.41, 5.74) is 2.28. The second-order valence-electron chi connectivity index (χ2n) is 8.29. The second kappa shape index (κ2) is 10.3. The highest BCUT2D eigenvalue weighted by Crippen LogP contribution is 2.39. The number of ketones is 1. The molecule has 1 amide bonds. The molecule has 1 N–H and O–H groups in total. The van der Waals surface area contributed by atoms with Crippen molar-refractivity contribution < 1.29 is 19.1 Å². The molecule has 1 aliphatic heterocycles. The van der Waals surface area contributed by atoms with Crippen LogP contribution in [0.5, 0.6) is 11.5 Å². The number of benzene rings is 2. The summed E-state index contributed by atoms with van der Waals surface area (Å²) >= 11 is 12.6. The van der Waals surface area contributed by atoms with E-state index in [0.717, 1.165) is 37.3 Å². The van der Waals surface area contributed by atoms with Crippen molar-refractivity contribution in [1.82, 2.24) is 15.1 Å². The first-order chi connectivity index (χ1) is 15.9. The van der Waals surface area contributed by atoms with E-state index < -0.39 is 0 Å². The van der Waals surface area contributed by atoms with E-state index >= 15 is 0 Å². The van der Waals surface area contributed by atoms with Crippen LogP contribution in [-0.4, -0.2) is 68.4 Å². The Bertz CT molecular complexity index is 1030. The molecule has 0 aromatic heterocycles. The smallest absolute Gasteiger partial charge is 0.234 e. The van der Waals surface area contributed by atoms with Gasteiger partial charge in [-0.1, -0.05) is 29.3 Å². The van der Waals surface area contributed by atoms with Crippen LogP contribution in [0.3, 0.4) is 0 Å². The fourth-order valence-electron chi connectivity index (χ4n) is 4.41. The third-order valence-electron chi connectivity index (χ3n) is 6.23. The Labute approximate surface area is 203 Å². The highest BCUT2D eigenvalue weighted by molar-refractivity contribution is 6.35. The Morgan fingerprint density at radius 1 is 1.03 bits per heavy atom.